The summed E-state index contributed by atoms with van der Waals surface area (Å²) in [6.07, 6.45) is 5.20. The van der Waals surface area contributed by atoms with Crippen LogP contribution in [0.25, 0.3) is 0 Å². The van der Waals surface area contributed by atoms with E-state index < -0.39 is 5.97 Å². The Morgan fingerprint density at radius 1 is 1.47 bits per heavy atom. The van der Waals surface area contributed by atoms with Gasteiger partial charge in [0.15, 0.2) is 0 Å². The summed E-state index contributed by atoms with van der Waals surface area (Å²) in [5.74, 6) is -0.754. The highest BCUT2D eigenvalue weighted by Crippen LogP contribution is 2.35. The molecule has 0 atom stereocenters. The molecule has 0 amide bonds. The standard InChI is InChI=1S/C13H19NO2S/c1-2-13(6-3-7-13)14-9-11-5-4-10(17-11)8-12(15)16/h4-5,14H,2-3,6-9H2,1H3,(H,15,16). The lowest BCUT2D eigenvalue weighted by Gasteiger charge is -2.42. The Balaban J connectivity index is 1.86. The summed E-state index contributed by atoms with van der Waals surface area (Å²) in [4.78, 5) is 12.8. The van der Waals surface area contributed by atoms with Crippen molar-refractivity contribution in [3.63, 3.8) is 0 Å². The minimum absolute atomic E-state index is 0.142. The number of hydrogen-bond acceptors (Lipinski definition) is 3. The molecule has 1 aromatic rings. The lowest BCUT2D eigenvalue weighted by atomic mass is 9.75. The van der Waals surface area contributed by atoms with Gasteiger partial charge in [0.05, 0.1) is 6.42 Å². The number of rotatable bonds is 6. The molecule has 0 unspecified atom stereocenters. The second-order valence-electron chi connectivity index (χ2n) is 4.78. The van der Waals surface area contributed by atoms with Crippen LogP contribution in [0, 0.1) is 0 Å². The number of carboxylic acids is 1. The molecule has 1 heterocycles. The SMILES string of the molecule is CCC1(NCc2ccc(CC(=O)O)s2)CCC1. The van der Waals surface area contributed by atoms with Crippen molar-refractivity contribution in [3.05, 3.63) is 21.9 Å². The Hall–Kier alpha value is -0.870. The lowest BCUT2D eigenvalue weighted by molar-refractivity contribution is -0.136. The van der Waals surface area contributed by atoms with E-state index in [1.165, 1.54) is 30.6 Å². The van der Waals surface area contributed by atoms with Gasteiger partial charge in [-0.15, -0.1) is 11.3 Å². The zero-order chi connectivity index (χ0) is 12.3. The number of carbonyl (C=O) groups is 1. The van der Waals surface area contributed by atoms with Gasteiger partial charge in [-0.3, -0.25) is 4.79 Å². The molecule has 0 radical (unpaired) electrons. The molecular formula is C13H19NO2S. The van der Waals surface area contributed by atoms with Crippen molar-refractivity contribution in [2.75, 3.05) is 0 Å². The summed E-state index contributed by atoms with van der Waals surface area (Å²) in [6.45, 7) is 3.11. The van der Waals surface area contributed by atoms with Crippen LogP contribution in [0.3, 0.4) is 0 Å². The maximum atomic E-state index is 10.6. The van der Waals surface area contributed by atoms with E-state index in [4.69, 9.17) is 5.11 Å². The van der Waals surface area contributed by atoms with Gasteiger partial charge in [-0.25, -0.2) is 0 Å². The fourth-order valence-electron chi connectivity index (χ4n) is 2.29. The second-order valence-corrected chi connectivity index (χ2v) is 6.03. The molecule has 0 aliphatic heterocycles. The van der Waals surface area contributed by atoms with E-state index in [1.807, 2.05) is 12.1 Å². The normalized spacial score (nSPS) is 17.7. The molecule has 1 aliphatic carbocycles. The smallest absolute Gasteiger partial charge is 0.308 e. The van der Waals surface area contributed by atoms with Gasteiger partial charge in [0.1, 0.15) is 0 Å². The fourth-order valence-corrected chi connectivity index (χ4v) is 3.24. The molecule has 3 nitrogen and oxygen atoms in total. The largest absolute Gasteiger partial charge is 0.481 e. The van der Waals surface area contributed by atoms with Gasteiger partial charge >= 0.3 is 5.97 Å². The molecule has 0 spiro atoms. The van der Waals surface area contributed by atoms with Gasteiger partial charge in [-0.05, 0) is 37.8 Å². The van der Waals surface area contributed by atoms with Gasteiger partial charge < -0.3 is 10.4 Å². The van der Waals surface area contributed by atoms with Gasteiger partial charge in [0, 0.05) is 21.8 Å². The van der Waals surface area contributed by atoms with Crippen molar-refractivity contribution in [3.8, 4) is 0 Å². The van der Waals surface area contributed by atoms with Crippen LogP contribution in [0.15, 0.2) is 12.1 Å². The van der Waals surface area contributed by atoms with Crippen LogP contribution in [0.4, 0.5) is 0 Å². The summed E-state index contributed by atoms with van der Waals surface area (Å²) in [7, 11) is 0. The Bertz CT molecular complexity index is 390. The molecule has 2 N–H and O–H groups in total. The molecule has 17 heavy (non-hydrogen) atoms. The quantitative estimate of drug-likeness (QED) is 0.819. The molecule has 1 fully saturated rings. The maximum Gasteiger partial charge on any atom is 0.308 e. The van der Waals surface area contributed by atoms with Gasteiger partial charge in [-0.2, -0.15) is 0 Å². The first kappa shape index (κ1) is 12.6. The van der Waals surface area contributed by atoms with Crippen LogP contribution >= 0.6 is 11.3 Å². The van der Waals surface area contributed by atoms with E-state index >= 15 is 0 Å². The van der Waals surface area contributed by atoms with Crippen LogP contribution in [0.2, 0.25) is 0 Å². The average molecular weight is 253 g/mol. The zero-order valence-electron chi connectivity index (χ0n) is 10.2. The minimum atomic E-state index is -0.754. The van der Waals surface area contributed by atoms with E-state index in [1.54, 1.807) is 11.3 Å². The lowest BCUT2D eigenvalue weighted by Crippen LogP contribution is -2.49. The van der Waals surface area contributed by atoms with Crippen LogP contribution in [0.5, 0.6) is 0 Å². The van der Waals surface area contributed by atoms with Crippen LogP contribution in [-0.4, -0.2) is 16.6 Å². The first-order chi connectivity index (χ1) is 8.13. The number of hydrogen-bond donors (Lipinski definition) is 2. The zero-order valence-corrected chi connectivity index (χ0v) is 11.0. The molecule has 4 heteroatoms. The molecular weight excluding hydrogens is 234 g/mol. The number of nitrogens with one attached hydrogen (secondary N) is 1. The van der Waals surface area contributed by atoms with Crippen molar-refractivity contribution in [1.29, 1.82) is 0 Å². The van der Waals surface area contributed by atoms with Crippen molar-refractivity contribution in [1.82, 2.24) is 5.32 Å². The van der Waals surface area contributed by atoms with Crippen LogP contribution in [-0.2, 0) is 17.8 Å². The van der Waals surface area contributed by atoms with Gasteiger partial charge in [0.2, 0.25) is 0 Å². The predicted octanol–water partition coefficient (Wildman–Crippen LogP) is 2.80. The molecule has 94 valence electrons. The molecule has 1 saturated carbocycles. The van der Waals surface area contributed by atoms with Crippen molar-refractivity contribution < 1.29 is 9.90 Å². The summed E-state index contributed by atoms with van der Waals surface area (Å²) in [6, 6.07) is 3.97. The van der Waals surface area contributed by atoms with E-state index in [-0.39, 0.29) is 6.42 Å². The third-order valence-corrected chi connectivity index (χ3v) is 4.75. The third-order valence-electron chi connectivity index (χ3n) is 3.67. The summed E-state index contributed by atoms with van der Waals surface area (Å²) in [5, 5.41) is 12.3. The number of aliphatic carboxylic acids is 1. The van der Waals surface area contributed by atoms with Crippen molar-refractivity contribution in [2.24, 2.45) is 0 Å². The Labute approximate surface area is 106 Å². The van der Waals surface area contributed by atoms with Crippen molar-refractivity contribution in [2.45, 2.75) is 51.1 Å². The summed E-state index contributed by atoms with van der Waals surface area (Å²) < 4.78 is 0. The highest BCUT2D eigenvalue weighted by Gasteiger charge is 2.34. The van der Waals surface area contributed by atoms with E-state index in [9.17, 15) is 4.79 Å². The van der Waals surface area contributed by atoms with E-state index in [0.29, 0.717) is 5.54 Å². The first-order valence-electron chi connectivity index (χ1n) is 6.18. The predicted molar refractivity (Wildman–Crippen MR) is 69.4 cm³/mol. The monoisotopic (exact) mass is 253 g/mol. The van der Waals surface area contributed by atoms with Crippen molar-refractivity contribution >= 4 is 17.3 Å². The third kappa shape index (κ3) is 3.07. The Morgan fingerprint density at radius 3 is 2.71 bits per heavy atom. The first-order valence-corrected chi connectivity index (χ1v) is 7.00. The number of thiophene rings is 1. The topological polar surface area (TPSA) is 49.3 Å². The Kier molecular flexibility index (Phi) is 3.84. The molecule has 0 aromatic carbocycles. The summed E-state index contributed by atoms with van der Waals surface area (Å²) in [5.41, 5.74) is 0.358. The van der Waals surface area contributed by atoms with E-state index in [0.717, 1.165) is 11.4 Å². The van der Waals surface area contributed by atoms with Crippen LogP contribution < -0.4 is 5.32 Å². The number of carboxylic acid groups (broad SMARTS) is 1. The fraction of sp³-hybridized carbons (Fsp3) is 0.615. The van der Waals surface area contributed by atoms with Crippen LogP contribution in [0.1, 0.15) is 42.4 Å². The molecule has 0 saturated heterocycles. The molecule has 2 rings (SSSR count). The maximum absolute atomic E-state index is 10.6. The molecule has 1 aromatic heterocycles. The summed E-state index contributed by atoms with van der Waals surface area (Å²) >= 11 is 1.60. The minimum Gasteiger partial charge on any atom is -0.481 e. The molecule has 0 bridgehead atoms. The average Bonchev–Trinajstić information content (AvgIpc) is 2.64. The molecule has 1 aliphatic rings. The van der Waals surface area contributed by atoms with Gasteiger partial charge in [-0.1, -0.05) is 6.92 Å². The second kappa shape index (κ2) is 5.19. The Morgan fingerprint density at radius 2 is 2.18 bits per heavy atom. The highest BCUT2D eigenvalue weighted by atomic mass is 32.1. The van der Waals surface area contributed by atoms with Gasteiger partial charge in [0.25, 0.3) is 0 Å². The van der Waals surface area contributed by atoms with E-state index in [2.05, 4.69) is 12.2 Å². The highest BCUT2D eigenvalue weighted by molar-refractivity contribution is 7.12.